The lowest BCUT2D eigenvalue weighted by Gasteiger charge is -2.23. The Kier molecular flexibility index (Phi) is 8.26. The molecular weight excluding hydrogens is 390 g/mol. The second-order valence-corrected chi connectivity index (χ2v) is 9.02. The van der Waals surface area contributed by atoms with Crippen molar-refractivity contribution in [3.05, 3.63) is 58.1 Å². The molecule has 0 radical (unpaired) electrons. The van der Waals surface area contributed by atoms with Gasteiger partial charge in [0.1, 0.15) is 5.75 Å². The normalized spacial score (nSPS) is 13.3. The number of nitrogens with one attached hydrogen (secondary N) is 1. The summed E-state index contributed by atoms with van der Waals surface area (Å²) in [4.78, 5) is 13.9. The number of carbonyl (C=O) groups is 1. The largest absolute Gasteiger partial charge is 0.496 e. The Labute approximate surface area is 178 Å². The molecule has 2 aromatic carbocycles. The van der Waals surface area contributed by atoms with Crippen LogP contribution in [0, 0.1) is 6.92 Å². The average molecular weight is 420 g/mol. The van der Waals surface area contributed by atoms with E-state index >= 15 is 0 Å². The van der Waals surface area contributed by atoms with Crippen molar-refractivity contribution in [1.82, 2.24) is 5.32 Å². The van der Waals surface area contributed by atoms with Crippen LogP contribution in [-0.4, -0.2) is 18.3 Å². The van der Waals surface area contributed by atoms with E-state index in [0.717, 1.165) is 33.8 Å². The highest BCUT2D eigenvalue weighted by molar-refractivity contribution is 8.00. The summed E-state index contributed by atoms with van der Waals surface area (Å²) in [5.74, 6) is 1.30. The molecule has 0 fully saturated rings. The second-order valence-electron chi connectivity index (χ2n) is 7.30. The summed E-state index contributed by atoms with van der Waals surface area (Å²) >= 11 is 7.53. The van der Waals surface area contributed by atoms with Gasteiger partial charge in [0.2, 0.25) is 5.91 Å². The van der Waals surface area contributed by atoms with Crippen LogP contribution in [0.25, 0.3) is 0 Å². The molecule has 5 heteroatoms. The number of thioether (sulfide) groups is 1. The number of ether oxygens (including phenoxy) is 1. The van der Waals surface area contributed by atoms with Crippen molar-refractivity contribution in [1.29, 1.82) is 0 Å². The fraction of sp³-hybridized carbons (Fsp3) is 0.435. The number of hydrogen-bond acceptors (Lipinski definition) is 3. The second kappa shape index (κ2) is 10.2. The molecular formula is C23H30ClNO2S. The third-order valence-electron chi connectivity index (χ3n) is 4.82. The Morgan fingerprint density at radius 3 is 2.32 bits per heavy atom. The van der Waals surface area contributed by atoms with Crippen LogP contribution in [0.15, 0.2) is 41.3 Å². The Balaban J connectivity index is 2.15. The van der Waals surface area contributed by atoms with Gasteiger partial charge in [0.05, 0.1) is 18.4 Å². The maximum atomic E-state index is 12.9. The molecule has 1 amide bonds. The Morgan fingerprint density at radius 1 is 1.14 bits per heavy atom. The number of carbonyl (C=O) groups excluding carboxylic acids is 1. The smallest absolute Gasteiger partial charge is 0.233 e. The molecule has 2 atom stereocenters. The summed E-state index contributed by atoms with van der Waals surface area (Å²) in [6, 6.07) is 11.8. The quantitative estimate of drug-likeness (QED) is 0.494. The summed E-state index contributed by atoms with van der Waals surface area (Å²) in [6.07, 6.45) is 0.755. The van der Waals surface area contributed by atoms with Gasteiger partial charge >= 0.3 is 0 Å². The van der Waals surface area contributed by atoms with Crippen molar-refractivity contribution in [2.45, 2.75) is 63.1 Å². The first-order valence-corrected chi connectivity index (χ1v) is 10.9. The topological polar surface area (TPSA) is 38.3 Å². The summed E-state index contributed by atoms with van der Waals surface area (Å²) in [7, 11) is 1.70. The van der Waals surface area contributed by atoms with E-state index in [1.54, 1.807) is 18.9 Å². The Morgan fingerprint density at radius 2 is 1.79 bits per heavy atom. The van der Waals surface area contributed by atoms with E-state index in [0.29, 0.717) is 10.9 Å². The number of hydrogen-bond donors (Lipinski definition) is 1. The van der Waals surface area contributed by atoms with Crippen LogP contribution in [0.1, 0.15) is 62.8 Å². The van der Waals surface area contributed by atoms with Gasteiger partial charge < -0.3 is 10.1 Å². The monoisotopic (exact) mass is 419 g/mol. The van der Waals surface area contributed by atoms with Crippen molar-refractivity contribution < 1.29 is 9.53 Å². The van der Waals surface area contributed by atoms with Crippen LogP contribution >= 0.6 is 23.4 Å². The summed E-state index contributed by atoms with van der Waals surface area (Å²) in [5.41, 5.74) is 3.41. The zero-order valence-corrected chi connectivity index (χ0v) is 19.1. The number of methoxy groups -OCH3 is 1. The average Bonchev–Trinajstić information content (AvgIpc) is 2.66. The number of aryl methyl sites for hydroxylation is 1. The Hall–Kier alpha value is -1.65. The highest BCUT2D eigenvalue weighted by Gasteiger charge is 2.22. The van der Waals surface area contributed by atoms with E-state index in [2.05, 4.69) is 38.2 Å². The molecule has 0 bridgehead atoms. The van der Waals surface area contributed by atoms with E-state index in [-0.39, 0.29) is 17.2 Å². The molecule has 0 aliphatic heterocycles. The number of halogens is 1. The zero-order chi connectivity index (χ0) is 20.8. The molecule has 0 spiro atoms. The minimum Gasteiger partial charge on any atom is -0.496 e. The highest BCUT2D eigenvalue weighted by Crippen LogP contribution is 2.33. The fourth-order valence-electron chi connectivity index (χ4n) is 3.19. The fourth-order valence-corrected chi connectivity index (χ4v) is 4.28. The first-order chi connectivity index (χ1) is 13.3. The van der Waals surface area contributed by atoms with Gasteiger partial charge in [-0.3, -0.25) is 4.79 Å². The van der Waals surface area contributed by atoms with Gasteiger partial charge in [-0.2, -0.15) is 0 Å². The molecule has 2 aromatic rings. The van der Waals surface area contributed by atoms with E-state index < -0.39 is 0 Å². The highest BCUT2D eigenvalue weighted by atomic mass is 35.5. The van der Waals surface area contributed by atoms with Crippen molar-refractivity contribution in [2.24, 2.45) is 0 Å². The molecule has 0 aromatic heterocycles. The number of amides is 1. The standard InChI is InChI=1S/C23H30ClNO2S/c1-7-22(28-18-10-8-17(24)9-11-18)23(26)25-16(5)20-13-19(14(2)3)21(27-6)12-15(20)4/h8-14,16,22H,7H2,1-6H3,(H,25,26)/t16-,22-/m1/s1. The van der Waals surface area contributed by atoms with E-state index in [9.17, 15) is 4.79 Å². The van der Waals surface area contributed by atoms with Gasteiger partial charge in [-0.25, -0.2) is 0 Å². The first-order valence-electron chi connectivity index (χ1n) is 9.67. The van der Waals surface area contributed by atoms with E-state index in [1.165, 1.54) is 0 Å². The van der Waals surface area contributed by atoms with Crippen LogP contribution in [0.5, 0.6) is 5.75 Å². The molecule has 0 unspecified atom stereocenters. The third-order valence-corrected chi connectivity index (χ3v) is 6.45. The van der Waals surface area contributed by atoms with E-state index in [4.69, 9.17) is 16.3 Å². The van der Waals surface area contributed by atoms with E-state index in [1.807, 2.05) is 38.1 Å². The molecule has 28 heavy (non-hydrogen) atoms. The molecule has 0 saturated heterocycles. The van der Waals surface area contributed by atoms with Crippen molar-refractivity contribution in [2.75, 3.05) is 7.11 Å². The molecule has 0 aliphatic carbocycles. The predicted molar refractivity (Wildman–Crippen MR) is 120 cm³/mol. The lowest BCUT2D eigenvalue weighted by atomic mass is 9.93. The maximum absolute atomic E-state index is 12.9. The number of benzene rings is 2. The van der Waals surface area contributed by atoms with Gasteiger partial charge in [0, 0.05) is 9.92 Å². The summed E-state index contributed by atoms with van der Waals surface area (Å²) < 4.78 is 5.53. The van der Waals surface area contributed by atoms with Crippen LogP contribution in [0.4, 0.5) is 0 Å². The molecule has 152 valence electrons. The van der Waals surface area contributed by atoms with Crippen molar-refractivity contribution in [3.63, 3.8) is 0 Å². The SMILES string of the molecule is CC[C@@H](Sc1ccc(Cl)cc1)C(=O)N[C@H](C)c1cc(C(C)C)c(OC)cc1C. The van der Waals surface area contributed by atoms with Gasteiger partial charge in [-0.05, 0) is 79.3 Å². The van der Waals surface area contributed by atoms with Gasteiger partial charge in [-0.1, -0.05) is 32.4 Å². The molecule has 0 aliphatic rings. The molecule has 3 nitrogen and oxygen atoms in total. The van der Waals surface area contributed by atoms with Gasteiger partial charge in [-0.15, -0.1) is 11.8 Å². The minimum absolute atomic E-state index is 0.0521. The molecule has 1 N–H and O–H groups in total. The van der Waals surface area contributed by atoms with Crippen LogP contribution in [0.3, 0.4) is 0 Å². The lowest BCUT2D eigenvalue weighted by Crippen LogP contribution is -2.34. The number of rotatable bonds is 8. The maximum Gasteiger partial charge on any atom is 0.233 e. The van der Waals surface area contributed by atoms with Crippen LogP contribution < -0.4 is 10.1 Å². The minimum atomic E-state index is -0.147. The molecule has 0 saturated carbocycles. The predicted octanol–water partition coefficient (Wildman–Crippen LogP) is 6.53. The van der Waals surface area contributed by atoms with Crippen molar-refractivity contribution >= 4 is 29.3 Å². The Bertz CT molecular complexity index is 805. The van der Waals surface area contributed by atoms with Gasteiger partial charge in [0.25, 0.3) is 0 Å². The third kappa shape index (κ3) is 5.68. The molecule has 0 heterocycles. The van der Waals surface area contributed by atoms with Crippen LogP contribution in [-0.2, 0) is 4.79 Å². The first kappa shape index (κ1) is 22.6. The lowest BCUT2D eigenvalue weighted by molar-refractivity contribution is -0.121. The van der Waals surface area contributed by atoms with Crippen LogP contribution in [0.2, 0.25) is 5.02 Å². The summed E-state index contributed by atoms with van der Waals surface area (Å²) in [5, 5.41) is 3.75. The molecule has 2 rings (SSSR count). The summed E-state index contributed by atoms with van der Waals surface area (Å²) in [6.45, 7) is 10.4. The van der Waals surface area contributed by atoms with Crippen molar-refractivity contribution in [3.8, 4) is 5.75 Å². The zero-order valence-electron chi connectivity index (χ0n) is 17.5. The van der Waals surface area contributed by atoms with Gasteiger partial charge in [0.15, 0.2) is 0 Å².